The highest BCUT2D eigenvalue weighted by Crippen LogP contribution is 2.35. The van der Waals surface area contributed by atoms with Crippen LogP contribution >= 0.6 is 0 Å². The van der Waals surface area contributed by atoms with Gasteiger partial charge in [0.05, 0.1) is 0 Å². The largest absolute Gasteiger partial charge is 0.207 e. The molecule has 1 fully saturated rings. The van der Waals surface area contributed by atoms with E-state index in [9.17, 15) is 4.39 Å². The van der Waals surface area contributed by atoms with E-state index in [1.54, 1.807) is 6.07 Å². The Balaban J connectivity index is 1.43. The smallest absolute Gasteiger partial charge is 0.127 e. The van der Waals surface area contributed by atoms with E-state index >= 15 is 0 Å². The normalized spacial score (nSPS) is 17.9. The van der Waals surface area contributed by atoms with Crippen LogP contribution in [0.15, 0.2) is 42.5 Å². The molecule has 0 aromatic heterocycles. The standard InChI is InChI=1S/C33H45F/c1-3-5-7-9-10-12-27-16-21-30(22-17-27)31-23-18-28(19-24-31)14-15-29-20-25-32(33(34)26-29)13-11-8-6-4-2/h16-17,20-22,25-26,28,31H,3-13,18-19,23-24H2,1-2H3/t28-,31-. The quantitative estimate of drug-likeness (QED) is 0.218. The minimum atomic E-state index is -0.0867. The third kappa shape index (κ3) is 8.94. The van der Waals surface area contributed by atoms with Crippen molar-refractivity contribution in [1.29, 1.82) is 0 Å². The summed E-state index contributed by atoms with van der Waals surface area (Å²) in [6.45, 7) is 4.48. The minimum Gasteiger partial charge on any atom is -0.207 e. The molecule has 1 aliphatic rings. The Kier molecular flexibility index (Phi) is 11.7. The number of halogens is 1. The first-order chi connectivity index (χ1) is 16.7. The van der Waals surface area contributed by atoms with Gasteiger partial charge in [0.2, 0.25) is 0 Å². The van der Waals surface area contributed by atoms with Gasteiger partial charge in [0.15, 0.2) is 0 Å². The summed E-state index contributed by atoms with van der Waals surface area (Å²) in [4.78, 5) is 0. The van der Waals surface area contributed by atoms with Gasteiger partial charge in [0, 0.05) is 11.5 Å². The Morgan fingerprint density at radius 2 is 1.38 bits per heavy atom. The van der Waals surface area contributed by atoms with Crippen LogP contribution in [0.2, 0.25) is 0 Å². The lowest BCUT2D eigenvalue weighted by molar-refractivity contribution is 0.384. The highest BCUT2D eigenvalue weighted by atomic mass is 19.1. The molecule has 2 aromatic rings. The number of benzene rings is 2. The van der Waals surface area contributed by atoms with Crippen molar-refractivity contribution >= 4 is 0 Å². The molecule has 0 aliphatic heterocycles. The predicted molar refractivity (Wildman–Crippen MR) is 145 cm³/mol. The Labute approximate surface area is 208 Å². The van der Waals surface area contributed by atoms with E-state index < -0.39 is 0 Å². The average molecular weight is 461 g/mol. The summed E-state index contributed by atoms with van der Waals surface area (Å²) in [5.41, 5.74) is 4.64. The molecule has 3 rings (SSSR count). The van der Waals surface area contributed by atoms with E-state index in [-0.39, 0.29) is 5.82 Å². The van der Waals surface area contributed by atoms with E-state index in [1.165, 1.54) is 81.8 Å². The third-order valence-electron chi connectivity index (χ3n) is 7.52. The molecule has 1 aliphatic carbocycles. The molecule has 0 radical (unpaired) electrons. The summed E-state index contributed by atoms with van der Waals surface area (Å²) < 4.78 is 14.4. The number of aryl methyl sites for hydroxylation is 2. The van der Waals surface area contributed by atoms with Crippen molar-refractivity contribution in [3.63, 3.8) is 0 Å². The van der Waals surface area contributed by atoms with Gasteiger partial charge in [-0.2, -0.15) is 0 Å². The Morgan fingerprint density at radius 3 is 2.06 bits per heavy atom. The van der Waals surface area contributed by atoms with Gasteiger partial charge in [-0.15, -0.1) is 0 Å². The molecule has 0 atom stereocenters. The average Bonchev–Trinajstić information content (AvgIpc) is 2.87. The molecule has 0 N–H and O–H groups in total. The summed E-state index contributed by atoms with van der Waals surface area (Å²) in [7, 11) is 0. The zero-order chi connectivity index (χ0) is 24.0. The van der Waals surface area contributed by atoms with Gasteiger partial charge >= 0.3 is 0 Å². The summed E-state index contributed by atoms with van der Waals surface area (Å²) >= 11 is 0. The second-order valence-corrected chi connectivity index (χ2v) is 10.3. The molecule has 1 heteroatoms. The Bertz CT molecular complexity index is 890. The van der Waals surface area contributed by atoms with Crippen LogP contribution in [0, 0.1) is 23.6 Å². The van der Waals surface area contributed by atoms with Gasteiger partial charge in [-0.25, -0.2) is 4.39 Å². The monoisotopic (exact) mass is 460 g/mol. The number of unbranched alkanes of at least 4 members (excludes halogenated alkanes) is 7. The van der Waals surface area contributed by atoms with Crippen LogP contribution in [0.3, 0.4) is 0 Å². The third-order valence-corrected chi connectivity index (χ3v) is 7.52. The molecule has 0 amide bonds. The lowest BCUT2D eigenvalue weighted by Gasteiger charge is -2.26. The lowest BCUT2D eigenvalue weighted by Crippen LogP contribution is -2.12. The molecule has 184 valence electrons. The molecule has 2 aromatic carbocycles. The van der Waals surface area contributed by atoms with Crippen molar-refractivity contribution in [2.75, 3.05) is 0 Å². The minimum absolute atomic E-state index is 0.0867. The van der Waals surface area contributed by atoms with Crippen molar-refractivity contribution in [1.82, 2.24) is 0 Å². The summed E-state index contributed by atoms with van der Waals surface area (Å²) in [6, 6.07) is 15.0. The van der Waals surface area contributed by atoms with Crippen LogP contribution < -0.4 is 0 Å². The predicted octanol–water partition coefficient (Wildman–Crippen LogP) is 9.79. The Hall–Kier alpha value is -2.07. The fourth-order valence-electron chi connectivity index (χ4n) is 5.22. The molecule has 0 spiro atoms. The molecule has 0 bridgehead atoms. The fourth-order valence-corrected chi connectivity index (χ4v) is 5.22. The summed E-state index contributed by atoms with van der Waals surface area (Å²) in [5.74, 6) is 7.73. The lowest BCUT2D eigenvalue weighted by atomic mass is 9.78. The van der Waals surface area contributed by atoms with Crippen LogP contribution in [0.4, 0.5) is 4.39 Å². The van der Waals surface area contributed by atoms with Gasteiger partial charge in [-0.05, 0) is 86.1 Å². The highest BCUT2D eigenvalue weighted by molar-refractivity contribution is 5.37. The van der Waals surface area contributed by atoms with Crippen LogP contribution in [0.1, 0.15) is 125 Å². The molecule has 0 nitrogen and oxygen atoms in total. The number of hydrogen-bond donors (Lipinski definition) is 0. The van der Waals surface area contributed by atoms with Crippen LogP contribution in [0.25, 0.3) is 0 Å². The van der Waals surface area contributed by atoms with Crippen molar-refractivity contribution in [2.45, 2.75) is 116 Å². The van der Waals surface area contributed by atoms with Crippen molar-refractivity contribution < 1.29 is 4.39 Å². The summed E-state index contributed by atoms with van der Waals surface area (Å²) in [6.07, 6.45) is 18.2. The molecular formula is C33H45F. The topological polar surface area (TPSA) is 0 Å². The van der Waals surface area contributed by atoms with Crippen LogP contribution in [0.5, 0.6) is 0 Å². The van der Waals surface area contributed by atoms with E-state index in [0.29, 0.717) is 11.8 Å². The van der Waals surface area contributed by atoms with E-state index in [4.69, 9.17) is 0 Å². The van der Waals surface area contributed by atoms with Crippen LogP contribution in [-0.2, 0) is 12.8 Å². The van der Waals surface area contributed by atoms with E-state index in [1.807, 2.05) is 12.1 Å². The maximum atomic E-state index is 14.4. The molecule has 0 unspecified atom stereocenters. The number of hydrogen-bond acceptors (Lipinski definition) is 0. The molecule has 0 heterocycles. The molecule has 1 saturated carbocycles. The second kappa shape index (κ2) is 15.0. The van der Waals surface area contributed by atoms with Crippen molar-refractivity contribution in [2.24, 2.45) is 5.92 Å². The van der Waals surface area contributed by atoms with Gasteiger partial charge < -0.3 is 0 Å². The van der Waals surface area contributed by atoms with Gasteiger partial charge in [-0.3, -0.25) is 0 Å². The van der Waals surface area contributed by atoms with E-state index in [0.717, 1.165) is 36.8 Å². The zero-order valence-corrected chi connectivity index (χ0v) is 21.7. The van der Waals surface area contributed by atoms with Gasteiger partial charge in [-0.1, -0.05) is 101 Å². The van der Waals surface area contributed by atoms with Crippen LogP contribution in [-0.4, -0.2) is 0 Å². The Morgan fingerprint density at radius 1 is 0.735 bits per heavy atom. The molecular weight excluding hydrogens is 415 g/mol. The second-order valence-electron chi connectivity index (χ2n) is 10.3. The first-order valence-corrected chi connectivity index (χ1v) is 14.1. The summed E-state index contributed by atoms with van der Waals surface area (Å²) in [5, 5.41) is 0. The van der Waals surface area contributed by atoms with Crippen molar-refractivity contribution in [3.05, 3.63) is 70.5 Å². The highest BCUT2D eigenvalue weighted by Gasteiger charge is 2.21. The van der Waals surface area contributed by atoms with Gasteiger partial charge in [0.25, 0.3) is 0 Å². The van der Waals surface area contributed by atoms with Gasteiger partial charge in [0.1, 0.15) is 5.82 Å². The molecule has 34 heavy (non-hydrogen) atoms. The van der Waals surface area contributed by atoms with E-state index in [2.05, 4.69) is 50.0 Å². The zero-order valence-electron chi connectivity index (χ0n) is 21.7. The fraction of sp³-hybridized carbons (Fsp3) is 0.576. The SMILES string of the molecule is CCCCCCCc1ccc([C@H]2CC[C@H](C#Cc3ccc(CCCCCC)c(F)c3)CC2)cc1. The molecule has 0 saturated heterocycles. The van der Waals surface area contributed by atoms with Crippen molar-refractivity contribution in [3.8, 4) is 11.8 Å². The maximum Gasteiger partial charge on any atom is 0.127 e. The first kappa shape index (κ1) is 26.5. The maximum absolute atomic E-state index is 14.4. The number of rotatable bonds is 12. The first-order valence-electron chi connectivity index (χ1n) is 14.1.